The number of rotatable bonds is 4. The number of nitrogens with zero attached hydrogens (tertiary/aromatic N) is 3. The molecule has 2 aliphatic rings. The Balaban J connectivity index is 1.39. The summed E-state index contributed by atoms with van der Waals surface area (Å²) in [6.07, 6.45) is 5.56. The highest BCUT2D eigenvalue weighted by Crippen LogP contribution is 2.23. The highest BCUT2D eigenvalue weighted by Gasteiger charge is 2.24. The topological polar surface area (TPSA) is 67.4 Å². The van der Waals surface area contributed by atoms with E-state index in [1.165, 1.54) is 12.1 Å². The fourth-order valence-corrected chi connectivity index (χ4v) is 4.08. The molecule has 1 atom stereocenters. The summed E-state index contributed by atoms with van der Waals surface area (Å²) in [5.74, 6) is 0.907. The molecule has 0 unspecified atom stereocenters. The third kappa shape index (κ3) is 4.90. The maximum Gasteiger partial charge on any atom is 0.318 e. The third-order valence-corrected chi connectivity index (χ3v) is 6.19. The number of ether oxygens (including phenoxy) is 1. The first-order valence-electron chi connectivity index (χ1n) is 10.4. The summed E-state index contributed by atoms with van der Waals surface area (Å²) >= 11 is 5.75. The fraction of sp³-hybridized carbons (Fsp3) is 0.500. The van der Waals surface area contributed by atoms with Crippen LogP contribution in [-0.4, -0.2) is 40.7 Å². The molecule has 6 nitrogen and oxygen atoms in total. The van der Waals surface area contributed by atoms with Gasteiger partial charge in [0.25, 0.3) is 0 Å². The smallest absolute Gasteiger partial charge is 0.318 e. The second-order valence-corrected chi connectivity index (χ2v) is 8.44. The van der Waals surface area contributed by atoms with Gasteiger partial charge in [-0.05, 0) is 55.4 Å². The number of aromatic nitrogens is 2. The van der Waals surface area contributed by atoms with Crippen LogP contribution in [0, 0.1) is 11.7 Å². The van der Waals surface area contributed by atoms with E-state index in [1.807, 2.05) is 13.1 Å². The lowest BCUT2D eigenvalue weighted by Crippen LogP contribution is -2.44. The van der Waals surface area contributed by atoms with Crippen LogP contribution >= 0.6 is 11.6 Å². The lowest BCUT2D eigenvalue weighted by atomic mass is 9.96. The third-order valence-electron chi connectivity index (χ3n) is 5.88. The van der Waals surface area contributed by atoms with Crippen LogP contribution < -0.4 is 5.32 Å². The van der Waals surface area contributed by atoms with Crippen LogP contribution in [0.1, 0.15) is 48.5 Å². The molecule has 4 rings (SSSR count). The summed E-state index contributed by atoms with van der Waals surface area (Å²) in [4.78, 5) is 23.8. The van der Waals surface area contributed by atoms with Crippen LogP contribution in [0.3, 0.4) is 0 Å². The molecule has 2 aromatic rings. The van der Waals surface area contributed by atoms with E-state index in [2.05, 4.69) is 10.3 Å². The molecule has 0 bridgehead atoms. The minimum Gasteiger partial charge on any atom is -0.381 e. The molecule has 8 heteroatoms. The van der Waals surface area contributed by atoms with Crippen molar-refractivity contribution in [1.82, 2.24) is 20.2 Å². The molecular weight excluding hydrogens is 407 g/mol. The zero-order valence-electron chi connectivity index (χ0n) is 17.0. The van der Waals surface area contributed by atoms with E-state index in [9.17, 15) is 9.18 Å². The van der Waals surface area contributed by atoms with Crippen molar-refractivity contribution in [2.24, 2.45) is 5.92 Å². The van der Waals surface area contributed by atoms with Gasteiger partial charge in [-0.3, -0.25) is 0 Å². The molecule has 2 aliphatic heterocycles. The molecule has 1 saturated heterocycles. The number of halogens is 2. The highest BCUT2D eigenvalue weighted by molar-refractivity contribution is 6.30. The van der Waals surface area contributed by atoms with Crippen molar-refractivity contribution in [3.05, 3.63) is 57.9 Å². The van der Waals surface area contributed by atoms with Crippen molar-refractivity contribution in [1.29, 1.82) is 0 Å². The van der Waals surface area contributed by atoms with Crippen LogP contribution in [0.15, 0.2) is 24.4 Å². The normalized spacial score (nSPS) is 18.0. The molecule has 2 amide bonds. The van der Waals surface area contributed by atoms with Gasteiger partial charge in [-0.2, -0.15) is 0 Å². The second-order valence-electron chi connectivity index (χ2n) is 8.03. The van der Waals surface area contributed by atoms with E-state index in [0.717, 1.165) is 56.0 Å². The van der Waals surface area contributed by atoms with E-state index in [-0.39, 0.29) is 17.1 Å². The molecular formula is C22H26ClFN4O2. The van der Waals surface area contributed by atoms with Crippen LogP contribution in [0.4, 0.5) is 9.18 Å². The summed E-state index contributed by atoms with van der Waals surface area (Å²) in [7, 11) is 0. The quantitative estimate of drug-likeness (QED) is 0.790. The van der Waals surface area contributed by atoms with Crippen LogP contribution in [0.5, 0.6) is 0 Å². The molecule has 3 heterocycles. The molecule has 0 saturated carbocycles. The number of urea groups is 1. The average Bonchev–Trinajstić information content (AvgIpc) is 2.75. The van der Waals surface area contributed by atoms with Crippen molar-refractivity contribution < 1.29 is 13.9 Å². The van der Waals surface area contributed by atoms with Gasteiger partial charge in [0.1, 0.15) is 11.6 Å². The highest BCUT2D eigenvalue weighted by atomic mass is 35.5. The van der Waals surface area contributed by atoms with Gasteiger partial charge in [0.15, 0.2) is 0 Å². The molecule has 1 N–H and O–H groups in total. The van der Waals surface area contributed by atoms with Gasteiger partial charge < -0.3 is 15.0 Å². The van der Waals surface area contributed by atoms with Crippen LogP contribution in [0.25, 0.3) is 0 Å². The molecule has 30 heavy (non-hydrogen) atoms. The number of nitrogens with one attached hydrogen (secondary N) is 1. The predicted octanol–water partition coefficient (Wildman–Crippen LogP) is 4.07. The minimum atomic E-state index is -0.490. The Labute approximate surface area is 180 Å². The summed E-state index contributed by atoms with van der Waals surface area (Å²) < 4.78 is 19.2. The maximum absolute atomic E-state index is 13.7. The van der Waals surface area contributed by atoms with Gasteiger partial charge in [-0.15, -0.1) is 0 Å². The predicted molar refractivity (Wildman–Crippen MR) is 112 cm³/mol. The Morgan fingerprint density at radius 1 is 1.40 bits per heavy atom. The second kappa shape index (κ2) is 9.27. The minimum absolute atomic E-state index is 0.0705. The van der Waals surface area contributed by atoms with E-state index < -0.39 is 5.82 Å². The zero-order chi connectivity index (χ0) is 21.1. The lowest BCUT2D eigenvalue weighted by molar-refractivity contribution is 0.0659. The van der Waals surface area contributed by atoms with E-state index in [1.54, 1.807) is 11.0 Å². The van der Waals surface area contributed by atoms with Crippen molar-refractivity contribution in [3.8, 4) is 0 Å². The number of hydrogen-bond donors (Lipinski definition) is 1. The van der Waals surface area contributed by atoms with Gasteiger partial charge in [-0.1, -0.05) is 17.7 Å². The average molecular weight is 433 g/mol. The molecule has 0 aliphatic carbocycles. The summed E-state index contributed by atoms with van der Waals surface area (Å²) in [5.41, 5.74) is 2.69. The van der Waals surface area contributed by atoms with Crippen LogP contribution in [-0.2, 0) is 24.1 Å². The first kappa shape index (κ1) is 21.0. The molecule has 1 fully saturated rings. The molecule has 0 spiro atoms. The molecule has 1 aromatic heterocycles. The summed E-state index contributed by atoms with van der Waals surface area (Å²) in [6, 6.07) is 4.06. The fourth-order valence-electron chi connectivity index (χ4n) is 3.97. The maximum atomic E-state index is 13.7. The number of benzene rings is 1. The van der Waals surface area contributed by atoms with Gasteiger partial charge in [-0.25, -0.2) is 19.2 Å². The SMILES string of the molecule is C[C@@H](NC(=O)N1CCc2cnc(CC3CCOCC3)nc2C1)c1ccc(Cl)c(F)c1. The van der Waals surface area contributed by atoms with E-state index in [4.69, 9.17) is 21.3 Å². The Kier molecular flexibility index (Phi) is 6.49. The number of carbonyl (C=O) groups is 1. The standard InChI is InChI=1S/C22H26ClFN4O2/c1-14(16-2-3-18(23)19(24)11-16)26-22(29)28-7-4-17-12-25-21(27-20(17)13-28)10-15-5-8-30-9-6-15/h2-3,11-12,14-15H,4-10,13H2,1H3,(H,26,29)/t14-/m1/s1. The van der Waals surface area contributed by atoms with E-state index >= 15 is 0 Å². The molecule has 1 aromatic carbocycles. The Bertz CT molecular complexity index is 920. The first-order chi connectivity index (χ1) is 14.5. The van der Waals surface area contributed by atoms with Gasteiger partial charge in [0, 0.05) is 32.4 Å². The number of amides is 2. The Hall–Kier alpha value is -2.25. The largest absolute Gasteiger partial charge is 0.381 e. The van der Waals surface area contributed by atoms with E-state index in [0.29, 0.717) is 24.6 Å². The molecule has 0 radical (unpaired) electrons. The van der Waals surface area contributed by atoms with Gasteiger partial charge in [0.2, 0.25) is 0 Å². The summed E-state index contributed by atoms with van der Waals surface area (Å²) in [6.45, 7) is 4.49. The lowest BCUT2D eigenvalue weighted by Gasteiger charge is -2.30. The number of fused-ring (bicyclic) bond motifs is 1. The van der Waals surface area contributed by atoms with Crippen molar-refractivity contribution in [2.45, 2.75) is 45.2 Å². The van der Waals surface area contributed by atoms with Crippen molar-refractivity contribution in [3.63, 3.8) is 0 Å². The van der Waals surface area contributed by atoms with Gasteiger partial charge >= 0.3 is 6.03 Å². The summed E-state index contributed by atoms with van der Waals surface area (Å²) in [5, 5.41) is 3.01. The van der Waals surface area contributed by atoms with Crippen LogP contribution in [0.2, 0.25) is 5.02 Å². The van der Waals surface area contributed by atoms with Crippen molar-refractivity contribution in [2.75, 3.05) is 19.8 Å². The Morgan fingerprint density at radius 2 is 2.20 bits per heavy atom. The first-order valence-corrected chi connectivity index (χ1v) is 10.8. The number of carbonyl (C=O) groups excluding carboxylic acids is 1. The monoisotopic (exact) mass is 432 g/mol. The van der Waals surface area contributed by atoms with Gasteiger partial charge in [0.05, 0.1) is 23.3 Å². The van der Waals surface area contributed by atoms with Crippen molar-refractivity contribution >= 4 is 17.6 Å². The molecule has 160 valence electrons. The number of hydrogen-bond acceptors (Lipinski definition) is 4. The Morgan fingerprint density at radius 3 is 2.97 bits per heavy atom. The zero-order valence-corrected chi connectivity index (χ0v) is 17.8.